The number of aromatic nitrogens is 6. The van der Waals surface area contributed by atoms with Crippen LogP contribution >= 0.6 is 67.6 Å². The zero-order valence-electron chi connectivity index (χ0n) is 89.5. The fraction of sp³-hybridized carbons (Fsp3) is 0.481. The molecule has 776 valence electrons. The average molecular weight is 2130 g/mol. The predicted octanol–water partition coefficient (Wildman–Crippen LogP) is 35.2. The van der Waals surface area contributed by atoms with Crippen molar-refractivity contribution < 1.29 is 42.5 Å². The van der Waals surface area contributed by atoms with Crippen molar-refractivity contribution in [2.24, 2.45) is 0 Å². The van der Waals surface area contributed by atoms with Gasteiger partial charge in [-0.1, -0.05) is 367 Å². The first-order valence-corrected chi connectivity index (χ1v) is 64.1. The number of nitrogens with one attached hydrogen (secondary N) is 2. The van der Waals surface area contributed by atoms with Gasteiger partial charge in [-0.3, -0.25) is 40.5 Å². The minimum absolute atomic E-state index is 0.137. The number of non-ortho nitro benzene ring substituents is 4. The average Bonchev–Trinajstić information content (AvgIpc) is 1.69. The normalized spacial score (nSPS) is 9.45. The molecule has 0 saturated heterocycles. The zero-order chi connectivity index (χ0) is 108. The number of halogens is 2. The van der Waals surface area contributed by atoms with Gasteiger partial charge < -0.3 is 39.2 Å². The molecule has 0 radical (unpaired) electrons. The number of nitrogen functional groups attached to an aromatic ring is 1. The highest BCUT2D eigenvalue weighted by atomic mass is 79.9. The second-order valence-corrected chi connectivity index (χ2v) is 52.3. The van der Waals surface area contributed by atoms with Crippen LogP contribution in [0.25, 0.3) is 11.0 Å². The fourth-order valence-electron chi connectivity index (χ4n) is 6.13. The molecule has 0 aliphatic carbocycles. The van der Waals surface area contributed by atoms with E-state index in [1.54, 1.807) is 159 Å². The van der Waals surface area contributed by atoms with Gasteiger partial charge in [-0.15, -0.1) is 10.2 Å². The summed E-state index contributed by atoms with van der Waals surface area (Å²) in [4.78, 5) is 46.9. The molecule has 11 rings (SSSR count). The molecule has 4 heterocycles. The molecule has 7 aromatic carbocycles. The summed E-state index contributed by atoms with van der Waals surface area (Å²) in [5.41, 5.74) is 12.9. The number of benzene rings is 7. The number of anilines is 5. The molecule has 0 unspecified atom stereocenters. The smallest absolute Gasteiger partial charge is 0.269 e. The molecule has 0 atom stereocenters. The second kappa shape index (κ2) is 99.9. The van der Waals surface area contributed by atoms with E-state index in [2.05, 4.69) is 160 Å². The summed E-state index contributed by atoms with van der Waals surface area (Å²) in [5, 5.41) is 56.3. The van der Waals surface area contributed by atoms with Crippen LogP contribution in [0.4, 0.5) is 51.7 Å². The molecule has 26 nitrogen and oxygen atoms in total. The molecular formula is C104H178Br2N13O13P5. The summed E-state index contributed by atoms with van der Waals surface area (Å²) < 4.78 is 55.6. The second-order valence-electron chi connectivity index (χ2n) is 32.3. The highest BCUT2D eigenvalue weighted by molar-refractivity contribution is 9.09. The Labute approximate surface area is 845 Å². The number of alkyl halides is 2. The lowest BCUT2D eigenvalue weighted by Gasteiger charge is -2.05. The molecule has 0 aliphatic heterocycles. The number of unbranched alkanes of at least 4 members (excludes halogenated alkanes) is 7. The van der Waals surface area contributed by atoms with E-state index in [-0.39, 0.29) is 22.7 Å². The first-order valence-electron chi connectivity index (χ1n) is 46.6. The molecule has 0 amide bonds. The van der Waals surface area contributed by atoms with Crippen molar-refractivity contribution in [1.29, 1.82) is 0 Å². The van der Waals surface area contributed by atoms with Crippen LogP contribution in [0.1, 0.15) is 219 Å². The number of nitrogens with two attached hydrogens (primary N) is 1. The molecule has 0 aliphatic rings. The van der Waals surface area contributed by atoms with E-state index in [1.807, 2.05) is 177 Å². The number of nitro benzene ring substituents is 4. The van der Waals surface area contributed by atoms with Crippen LogP contribution in [0.3, 0.4) is 0 Å². The van der Waals surface area contributed by atoms with Gasteiger partial charge in [0.25, 0.3) is 22.7 Å². The van der Waals surface area contributed by atoms with E-state index in [9.17, 15) is 63.3 Å². The summed E-state index contributed by atoms with van der Waals surface area (Å²) in [6.45, 7) is 63.4. The maximum atomic E-state index is 10.6. The molecule has 0 saturated carbocycles. The van der Waals surface area contributed by atoms with Gasteiger partial charge in [-0.05, 0) is 179 Å². The minimum atomic E-state index is -1.65. The van der Waals surface area contributed by atoms with Crippen molar-refractivity contribution >= 4 is 130 Å². The summed E-state index contributed by atoms with van der Waals surface area (Å²) in [6, 6.07) is 69.1. The topological polar surface area (TPSA) is 368 Å². The Bertz CT molecular complexity index is 4340. The fourth-order valence-corrected chi connectivity index (χ4v) is 6.13. The maximum absolute atomic E-state index is 10.6. The van der Waals surface area contributed by atoms with Crippen LogP contribution in [0, 0.1) is 54.3 Å². The Morgan fingerprint density at radius 3 is 0.577 bits per heavy atom. The van der Waals surface area contributed by atoms with E-state index < -0.39 is 55.4 Å². The highest BCUT2D eigenvalue weighted by Gasteiger charge is 2.07. The van der Waals surface area contributed by atoms with Gasteiger partial charge in [0.05, 0.1) is 78.8 Å². The first kappa shape index (κ1) is 148. The van der Waals surface area contributed by atoms with Crippen LogP contribution in [0.15, 0.2) is 249 Å². The summed E-state index contributed by atoms with van der Waals surface area (Å²) >= 11 is 6.08. The van der Waals surface area contributed by atoms with E-state index in [0.717, 1.165) is 57.1 Å². The molecule has 4 aromatic heterocycles. The summed E-state index contributed by atoms with van der Waals surface area (Å²) in [7, 11) is -8.21. The van der Waals surface area contributed by atoms with Crippen LogP contribution < -0.4 is 16.4 Å². The molecule has 11 aromatic rings. The number of hydrogen-bond acceptors (Lipinski definition) is 20. The molecule has 0 spiro atoms. The number of rotatable bonds is 17. The lowest BCUT2D eigenvalue weighted by Crippen LogP contribution is -2.02. The number of nitro groups is 4. The van der Waals surface area contributed by atoms with Gasteiger partial charge >= 0.3 is 0 Å². The molecule has 137 heavy (non-hydrogen) atoms. The summed E-state index contributed by atoms with van der Waals surface area (Å²) in [5.74, 6) is 3.01. The number of aryl methyl sites for hydroxylation is 2. The number of nitrogens with zero attached hydrogens (tertiary/aromatic N) is 10. The third kappa shape index (κ3) is 121. The van der Waals surface area contributed by atoms with E-state index in [1.165, 1.54) is 138 Å². The Kier molecular flexibility index (Phi) is 108. The Hall–Kier alpha value is -9.11. The van der Waals surface area contributed by atoms with Crippen molar-refractivity contribution in [2.75, 3.05) is 126 Å². The maximum Gasteiger partial charge on any atom is 0.269 e. The van der Waals surface area contributed by atoms with Crippen molar-refractivity contribution in [3.05, 3.63) is 301 Å². The van der Waals surface area contributed by atoms with Gasteiger partial charge in [0, 0.05) is 82.3 Å². The van der Waals surface area contributed by atoms with E-state index in [4.69, 9.17) is 5.73 Å². The zero-order valence-corrected chi connectivity index (χ0v) is 97.2. The molecule has 0 fully saturated rings. The van der Waals surface area contributed by atoms with Crippen LogP contribution in [-0.4, -0.2) is 159 Å². The van der Waals surface area contributed by atoms with Gasteiger partial charge in [-0.25, -0.2) is 19.0 Å². The number of fused-ring (bicyclic) bond motifs is 2. The Balaban J connectivity index is -0.000000159. The Morgan fingerprint density at radius 2 is 0.453 bits per heavy atom. The van der Waals surface area contributed by atoms with Crippen molar-refractivity contribution in [3.63, 3.8) is 0 Å². The molecule has 4 N–H and O–H groups in total. The third-order valence-electron chi connectivity index (χ3n) is 14.9. The van der Waals surface area contributed by atoms with Crippen molar-refractivity contribution in [3.8, 4) is 0 Å². The van der Waals surface area contributed by atoms with Crippen LogP contribution in [0.5, 0.6) is 0 Å². The minimum Gasteiger partial charge on any atom is -0.399 e. The van der Waals surface area contributed by atoms with Gasteiger partial charge in [0.2, 0.25) is 11.9 Å². The quantitative estimate of drug-likeness (QED) is 0.0250. The molecule has 0 bridgehead atoms. The lowest BCUT2D eigenvalue weighted by molar-refractivity contribution is -0.385. The number of para-hydroxylation sites is 7. The van der Waals surface area contributed by atoms with E-state index in [0.29, 0.717) is 11.9 Å². The standard InChI is InChI=1S/2C13H12N4.4C6H5NO2.C6H7N.2C4H11OP.7C4H10.3C3H9OP.C2H5Br.CH3Br/c2*1-10-7-8-12-9-14-13(16-17(10)12)15-11-5-3-2-4-6-11;4*8-7(9)6-4-2-1-3-5-6;7-6-4-2-1-3-5-6;2*1-4-6(2,3)5;7*1-3-4-2;3*1-5(2,3)4;1-2-3;1-2/h2*2-9H,1H3,(H,15,16);4*1-5H;1-5H,7H2;2*4H2,1-3H3;7*3-4H2,1-2H3;3*1-3H3;2H2,1H3;1H3. The first-order chi connectivity index (χ1) is 64.2. The van der Waals surface area contributed by atoms with Gasteiger partial charge in [0.1, 0.15) is 0 Å². The van der Waals surface area contributed by atoms with Crippen molar-refractivity contribution in [2.45, 2.75) is 221 Å². The monoisotopic (exact) mass is 2130 g/mol. The third-order valence-corrected chi connectivity index (χ3v) is 18.0. The van der Waals surface area contributed by atoms with Crippen LogP contribution in [0.2, 0.25) is 0 Å². The summed E-state index contributed by atoms with van der Waals surface area (Å²) in [6.07, 6.45) is 23.7. The predicted molar refractivity (Wildman–Crippen MR) is 613 cm³/mol. The number of hydrogen-bond donors (Lipinski definition) is 3. The molecule has 33 heteroatoms. The highest BCUT2D eigenvalue weighted by Crippen LogP contribution is 2.35. The molecular weight excluding hydrogens is 1950 g/mol. The van der Waals surface area contributed by atoms with Crippen LogP contribution in [-0.2, 0) is 22.8 Å². The van der Waals surface area contributed by atoms with E-state index >= 15 is 0 Å². The SMILES string of the molecule is CBr.CCBr.CCCC.CCCC.CCCC.CCCC.CCCC.CCCC.CCCC.CCP(C)(C)=O.CCP(C)(C)=O.CP(C)(C)=O.CP(C)(C)=O.CP(C)(C)=O.Cc1ccc2cnc(Nc3ccccc3)nn12.Cc1ccc2cnc(Nc3ccccc3)nn12.Nc1ccccc1.O=[N+]([O-])c1ccccc1.O=[N+]([O-])c1ccccc1.O=[N+]([O-])c1ccccc1.O=[N+]([O-])c1ccccc1. The largest absolute Gasteiger partial charge is 0.399 e. The van der Waals surface area contributed by atoms with Crippen molar-refractivity contribution in [1.82, 2.24) is 29.2 Å². The Morgan fingerprint density at radius 1 is 0.299 bits per heavy atom. The van der Waals surface area contributed by atoms with Gasteiger partial charge in [0.15, 0.2) is 0 Å². The lowest BCUT2D eigenvalue weighted by atomic mass is 10.3. The van der Waals surface area contributed by atoms with Gasteiger partial charge in [-0.2, -0.15) is 0 Å².